The number of carboxylic acid groups (broad SMARTS) is 2. The van der Waals surface area contributed by atoms with Crippen LogP contribution in [-0.2, 0) is 9.59 Å². The lowest BCUT2D eigenvalue weighted by atomic mass is 9.79. The Morgan fingerprint density at radius 1 is 1.00 bits per heavy atom. The average molecular weight is 323 g/mol. The van der Waals surface area contributed by atoms with Crippen LogP contribution in [0.2, 0.25) is 0 Å². The zero-order chi connectivity index (χ0) is 17.4. The molecule has 5 nitrogen and oxygen atoms in total. The largest absolute Gasteiger partial charge is 0.478 e. The summed E-state index contributed by atoms with van der Waals surface area (Å²) >= 11 is 0. The molecule has 0 heterocycles. The normalized spacial score (nSPS) is 18.5. The molecule has 0 fully saturated rings. The van der Waals surface area contributed by atoms with Crippen molar-refractivity contribution in [2.75, 3.05) is 0 Å². The van der Waals surface area contributed by atoms with Crippen molar-refractivity contribution >= 4 is 11.9 Å². The summed E-state index contributed by atoms with van der Waals surface area (Å²) in [7, 11) is 0. The number of carbonyl (C=O) groups is 2. The van der Waals surface area contributed by atoms with E-state index in [0.29, 0.717) is 29.6 Å². The van der Waals surface area contributed by atoms with Crippen molar-refractivity contribution in [1.82, 2.24) is 0 Å². The molecule has 1 atom stereocenters. The van der Waals surface area contributed by atoms with E-state index in [0.717, 1.165) is 38.5 Å². The van der Waals surface area contributed by atoms with E-state index in [1.54, 1.807) is 0 Å². The summed E-state index contributed by atoms with van der Waals surface area (Å²) in [6.45, 7) is 4.15. The third-order valence-electron chi connectivity index (χ3n) is 4.47. The molecule has 23 heavy (non-hydrogen) atoms. The van der Waals surface area contributed by atoms with E-state index in [4.69, 9.17) is 5.73 Å². The van der Waals surface area contributed by atoms with Gasteiger partial charge in [-0.1, -0.05) is 45.1 Å². The van der Waals surface area contributed by atoms with Gasteiger partial charge in [0.2, 0.25) is 0 Å². The highest BCUT2D eigenvalue weighted by Crippen LogP contribution is 2.35. The second kappa shape index (κ2) is 9.50. The smallest absolute Gasteiger partial charge is 0.333 e. The topological polar surface area (TPSA) is 101 Å². The minimum atomic E-state index is -1.01. The number of nitrogens with two attached hydrogens (primary N) is 1. The Hall–Kier alpha value is -1.62. The summed E-state index contributed by atoms with van der Waals surface area (Å²) in [5.41, 5.74) is 7.99. The predicted molar refractivity (Wildman–Crippen MR) is 90.2 cm³/mol. The molecular weight excluding hydrogens is 294 g/mol. The number of unbranched alkanes of at least 4 members (excludes halogenated alkanes) is 4. The van der Waals surface area contributed by atoms with Gasteiger partial charge in [0.25, 0.3) is 0 Å². The van der Waals surface area contributed by atoms with E-state index >= 15 is 0 Å². The summed E-state index contributed by atoms with van der Waals surface area (Å²) in [6, 6.07) is -0.791. The second-order valence-corrected chi connectivity index (χ2v) is 6.20. The Morgan fingerprint density at radius 2 is 1.57 bits per heavy atom. The molecule has 0 radical (unpaired) electrons. The van der Waals surface area contributed by atoms with Crippen LogP contribution in [0, 0.1) is 0 Å². The van der Waals surface area contributed by atoms with E-state index < -0.39 is 18.0 Å². The standard InChI is InChI=1S/C18H29NO4/c1-3-5-7-9-12-11-14(17(20)21)13(10-8-6-4-2)16(19)15(12)18(22)23/h16H,3-11,19H2,1-2H3,(H,20,21)(H,22,23). The third kappa shape index (κ3) is 5.20. The Bertz CT molecular complexity index is 505. The Balaban J connectivity index is 3.08. The Kier molecular flexibility index (Phi) is 8.03. The first-order chi connectivity index (χ1) is 10.9. The fourth-order valence-electron chi connectivity index (χ4n) is 3.18. The van der Waals surface area contributed by atoms with Crippen molar-refractivity contribution in [3.8, 4) is 0 Å². The molecule has 0 aromatic heterocycles. The average Bonchev–Trinajstić information content (AvgIpc) is 2.48. The van der Waals surface area contributed by atoms with Crippen molar-refractivity contribution in [1.29, 1.82) is 0 Å². The first-order valence-corrected chi connectivity index (χ1v) is 8.59. The molecule has 0 aromatic carbocycles. The van der Waals surface area contributed by atoms with Gasteiger partial charge in [-0.05, 0) is 31.3 Å². The van der Waals surface area contributed by atoms with Crippen LogP contribution in [0.15, 0.2) is 22.3 Å². The predicted octanol–water partition coefficient (Wildman–Crippen LogP) is 3.64. The van der Waals surface area contributed by atoms with Gasteiger partial charge in [0.05, 0.1) is 11.6 Å². The van der Waals surface area contributed by atoms with Gasteiger partial charge < -0.3 is 15.9 Å². The van der Waals surface area contributed by atoms with Gasteiger partial charge in [-0.25, -0.2) is 9.59 Å². The lowest BCUT2D eigenvalue weighted by Crippen LogP contribution is -2.35. The van der Waals surface area contributed by atoms with Crippen LogP contribution in [0.3, 0.4) is 0 Å². The molecule has 5 heteroatoms. The van der Waals surface area contributed by atoms with Gasteiger partial charge in [-0.15, -0.1) is 0 Å². The van der Waals surface area contributed by atoms with Crippen molar-refractivity contribution in [2.45, 2.75) is 77.7 Å². The first kappa shape index (κ1) is 19.4. The minimum Gasteiger partial charge on any atom is -0.478 e. The van der Waals surface area contributed by atoms with Crippen LogP contribution in [0.5, 0.6) is 0 Å². The van der Waals surface area contributed by atoms with Gasteiger partial charge >= 0.3 is 11.9 Å². The maximum absolute atomic E-state index is 11.7. The highest BCUT2D eigenvalue weighted by atomic mass is 16.4. The molecule has 0 aliphatic heterocycles. The van der Waals surface area contributed by atoms with E-state index in [9.17, 15) is 19.8 Å². The van der Waals surface area contributed by atoms with Crippen molar-refractivity contribution < 1.29 is 19.8 Å². The summed E-state index contributed by atoms with van der Waals surface area (Å²) in [5, 5.41) is 19.1. The van der Waals surface area contributed by atoms with E-state index in [1.807, 2.05) is 0 Å². The number of carboxylic acids is 2. The van der Waals surface area contributed by atoms with Crippen molar-refractivity contribution in [2.24, 2.45) is 5.73 Å². The molecule has 0 spiro atoms. The second-order valence-electron chi connectivity index (χ2n) is 6.20. The molecule has 0 bridgehead atoms. The minimum absolute atomic E-state index is 0.218. The van der Waals surface area contributed by atoms with Gasteiger partial charge in [0, 0.05) is 12.0 Å². The van der Waals surface area contributed by atoms with Gasteiger partial charge in [-0.3, -0.25) is 0 Å². The number of aliphatic carboxylic acids is 2. The molecule has 4 N–H and O–H groups in total. The summed E-state index contributed by atoms with van der Waals surface area (Å²) in [6.07, 6.45) is 7.15. The molecule has 0 aromatic rings. The van der Waals surface area contributed by atoms with Crippen LogP contribution in [0.4, 0.5) is 0 Å². The molecule has 0 amide bonds. The summed E-state index contributed by atoms with van der Waals surface area (Å²) in [4.78, 5) is 23.3. The number of rotatable bonds is 10. The van der Waals surface area contributed by atoms with E-state index in [1.165, 1.54) is 0 Å². The van der Waals surface area contributed by atoms with Gasteiger partial charge in [0.1, 0.15) is 0 Å². The quantitative estimate of drug-likeness (QED) is 0.533. The van der Waals surface area contributed by atoms with Gasteiger partial charge in [-0.2, -0.15) is 0 Å². The first-order valence-electron chi connectivity index (χ1n) is 8.59. The molecule has 1 aliphatic rings. The van der Waals surface area contributed by atoms with Gasteiger partial charge in [0.15, 0.2) is 0 Å². The fourth-order valence-corrected chi connectivity index (χ4v) is 3.18. The zero-order valence-corrected chi connectivity index (χ0v) is 14.2. The third-order valence-corrected chi connectivity index (χ3v) is 4.47. The molecule has 0 saturated heterocycles. The highest BCUT2D eigenvalue weighted by molar-refractivity contribution is 5.95. The van der Waals surface area contributed by atoms with Crippen LogP contribution in [0.25, 0.3) is 0 Å². The number of hydrogen-bond acceptors (Lipinski definition) is 3. The zero-order valence-electron chi connectivity index (χ0n) is 14.2. The van der Waals surface area contributed by atoms with Crippen LogP contribution < -0.4 is 5.73 Å². The maximum Gasteiger partial charge on any atom is 0.333 e. The van der Waals surface area contributed by atoms with Crippen LogP contribution in [-0.4, -0.2) is 28.2 Å². The molecule has 1 aliphatic carbocycles. The molecule has 0 saturated carbocycles. The maximum atomic E-state index is 11.7. The monoisotopic (exact) mass is 323 g/mol. The van der Waals surface area contributed by atoms with E-state index in [2.05, 4.69) is 13.8 Å². The molecular formula is C18H29NO4. The SMILES string of the molecule is CCCCCC1=C(C(=O)O)C(N)C(CCCCC)=C(C(=O)O)C1. The molecule has 1 unspecified atom stereocenters. The highest BCUT2D eigenvalue weighted by Gasteiger charge is 2.33. The lowest BCUT2D eigenvalue weighted by molar-refractivity contribution is -0.134. The van der Waals surface area contributed by atoms with Crippen molar-refractivity contribution in [3.63, 3.8) is 0 Å². The number of hydrogen-bond donors (Lipinski definition) is 3. The van der Waals surface area contributed by atoms with E-state index in [-0.39, 0.29) is 12.0 Å². The summed E-state index contributed by atoms with van der Waals surface area (Å²) in [5.74, 6) is -1.98. The Morgan fingerprint density at radius 3 is 2.04 bits per heavy atom. The fraction of sp³-hybridized carbons (Fsp3) is 0.667. The lowest BCUT2D eigenvalue weighted by Gasteiger charge is -2.28. The molecule has 1 rings (SSSR count). The van der Waals surface area contributed by atoms with Crippen LogP contribution in [0.1, 0.15) is 71.6 Å². The molecule has 130 valence electrons. The Labute approximate surface area is 138 Å². The van der Waals surface area contributed by atoms with Crippen molar-refractivity contribution in [3.05, 3.63) is 22.3 Å². The van der Waals surface area contributed by atoms with Crippen LogP contribution >= 0.6 is 0 Å². The number of allylic oxidation sites excluding steroid dienone is 1. The summed E-state index contributed by atoms with van der Waals surface area (Å²) < 4.78 is 0.